The molecule has 1 heterocycles. The Balaban J connectivity index is 1.72. The van der Waals surface area contributed by atoms with E-state index >= 15 is 0 Å². The molecule has 0 aliphatic heterocycles. The van der Waals surface area contributed by atoms with Gasteiger partial charge in [0.15, 0.2) is 5.13 Å². The van der Waals surface area contributed by atoms with Crippen LogP contribution in [0.15, 0.2) is 48.5 Å². The van der Waals surface area contributed by atoms with Gasteiger partial charge in [0.2, 0.25) is 5.91 Å². The average Bonchev–Trinajstić information content (AvgIpc) is 3.30. The number of aromatic nitrogens is 1. The van der Waals surface area contributed by atoms with Crippen LogP contribution in [0.4, 0.5) is 5.13 Å². The predicted octanol–water partition coefficient (Wildman–Crippen LogP) is 5.33. The lowest BCUT2D eigenvalue weighted by molar-refractivity contribution is -0.122. The third kappa shape index (κ3) is 3.31. The highest BCUT2D eigenvalue weighted by Gasteiger charge is 2.30. The fraction of sp³-hybridized carbons (Fsp3) is 0.333. The quantitative estimate of drug-likeness (QED) is 0.637. The predicted molar refractivity (Wildman–Crippen MR) is 104 cm³/mol. The van der Waals surface area contributed by atoms with Gasteiger partial charge in [0.25, 0.3) is 0 Å². The Labute approximate surface area is 152 Å². The Kier molecular flexibility index (Phi) is 4.53. The first-order valence-electron chi connectivity index (χ1n) is 8.94. The molecule has 4 rings (SSSR count). The third-order valence-corrected chi connectivity index (χ3v) is 6.04. The Morgan fingerprint density at radius 2 is 1.88 bits per heavy atom. The molecule has 0 bridgehead atoms. The zero-order valence-corrected chi connectivity index (χ0v) is 15.3. The molecule has 3 nitrogen and oxygen atoms in total. The summed E-state index contributed by atoms with van der Waals surface area (Å²) in [7, 11) is 0. The molecule has 1 aliphatic carbocycles. The molecular formula is C21H22N2OS. The summed E-state index contributed by atoms with van der Waals surface area (Å²) in [5, 5.41) is 0.824. The lowest BCUT2D eigenvalue weighted by atomic mass is 10.1. The van der Waals surface area contributed by atoms with E-state index in [9.17, 15) is 4.79 Å². The van der Waals surface area contributed by atoms with Crippen molar-refractivity contribution in [2.75, 3.05) is 4.90 Å². The maximum absolute atomic E-state index is 13.2. The molecule has 1 saturated carbocycles. The number of thiazole rings is 1. The van der Waals surface area contributed by atoms with E-state index in [0.29, 0.717) is 6.54 Å². The van der Waals surface area contributed by atoms with E-state index in [-0.39, 0.29) is 11.8 Å². The van der Waals surface area contributed by atoms with E-state index < -0.39 is 0 Å². The summed E-state index contributed by atoms with van der Waals surface area (Å²) in [6.07, 6.45) is 4.34. The second-order valence-corrected chi connectivity index (χ2v) is 7.82. The minimum atomic E-state index is 0.150. The lowest BCUT2D eigenvalue weighted by Gasteiger charge is -2.23. The standard InChI is InChI=1S/C21H22N2OS/c1-15-8-7-13-18-19(15)22-21(25-18)23(14-16-9-3-2-4-10-16)20(24)17-11-5-6-12-17/h2-4,7-10,13,17H,5-6,11-12,14H2,1H3. The number of carbonyl (C=O) groups excluding carboxylic acids is 1. The van der Waals surface area contributed by atoms with Gasteiger partial charge in [-0.05, 0) is 37.0 Å². The maximum Gasteiger partial charge on any atom is 0.232 e. The molecule has 0 saturated heterocycles. The highest BCUT2D eigenvalue weighted by molar-refractivity contribution is 7.22. The minimum absolute atomic E-state index is 0.150. The number of fused-ring (bicyclic) bond motifs is 1. The fourth-order valence-corrected chi connectivity index (χ4v) is 4.64. The van der Waals surface area contributed by atoms with Crippen LogP contribution in [0.5, 0.6) is 0 Å². The first kappa shape index (κ1) is 16.3. The lowest BCUT2D eigenvalue weighted by Crippen LogP contribution is -2.34. The Morgan fingerprint density at radius 3 is 2.60 bits per heavy atom. The second kappa shape index (κ2) is 6.96. The van der Waals surface area contributed by atoms with Gasteiger partial charge in [-0.3, -0.25) is 9.69 Å². The topological polar surface area (TPSA) is 33.2 Å². The first-order chi connectivity index (χ1) is 12.2. The number of aryl methyl sites for hydroxylation is 1. The molecule has 1 fully saturated rings. The number of carbonyl (C=O) groups is 1. The van der Waals surface area contributed by atoms with Gasteiger partial charge in [0.1, 0.15) is 0 Å². The Hall–Kier alpha value is -2.20. The van der Waals surface area contributed by atoms with Crippen molar-refractivity contribution < 1.29 is 4.79 Å². The van der Waals surface area contributed by atoms with Crippen LogP contribution in [-0.2, 0) is 11.3 Å². The van der Waals surface area contributed by atoms with E-state index in [1.807, 2.05) is 23.1 Å². The summed E-state index contributed by atoms with van der Waals surface area (Å²) in [5.74, 6) is 0.384. The van der Waals surface area contributed by atoms with Crippen molar-refractivity contribution in [3.63, 3.8) is 0 Å². The van der Waals surface area contributed by atoms with Crippen molar-refractivity contribution in [1.82, 2.24) is 4.98 Å². The summed E-state index contributed by atoms with van der Waals surface area (Å²) < 4.78 is 1.15. The van der Waals surface area contributed by atoms with Crippen LogP contribution < -0.4 is 4.90 Å². The van der Waals surface area contributed by atoms with E-state index in [0.717, 1.165) is 52.2 Å². The molecule has 1 aliphatic rings. The number of benzene rings is 2. The number of anilines is 1. The number of para-hydroxylation sites is 1. The molecule has 128 valence electrons. The normalized spacial score (nSPS) is 14.9. The summed E-state index contributed by atoms with van der Waals surface area (Å²) in [5.41, 5.74) is 3.32. The van der Waals surface area contributed by atoms with Crippen LogP contribution in [0.2, 0.25) is 0 Å². The molecule has 0 spiro atoms. The van der Waals surface area contributed by atoms with Crippen molar-refractivity contribution in [3.05, 3.63) is 59.7 Å². The van der Waals surface area contributed by atoms with Crippen LogP contribution >= 0.6 is 11.3 Å². The molecule has 0 atom stereocenters. The highest BCUT2D eigenvalue weighted by atomic mass is 32.1. The third-order valence-electron chi connectivity index (χ3n) is 4.99. The monoisotopic (exact) mass is 350 g/mol. The highest BCUT2D eigenvalue weighted by Crippen LogP contribution is 2.34. The van der Waals surface area contributed by atoms with Crippen molar-refractivity contribution in [2.45, 2.75) is 39.2 Å². The SMILES string of the molecule is Cc1cccc2sc(N(Cc3ccccc3)C(=O)C3CCCC3)nc12. The summed E-state index contributed by atoms with van der Waals surface area (Å²) in [6.45, 7) is 2.67. The van der Waals surface area contributed by atoms with Gasteiger partial charge in [0.05, 0.1) is 16.8 Å². The van der Waals surface area contributed by atoms with Gasteiger partial charge in [-0.25, -0.2) is 4.98 Å². The zero-order chi connectivity index (χ0) is 17.2. The van der Waals surface area contributed by atoms with Crippen LogP contribution in [0.1, 0.15) is 36.8 Å². The average molecular weight is 350 g/mol. The van der Waals surface area contributed by atoms with Crippen LogP contribution in [0, 0.1) is 12.8 Å². The molecule has 4 heteroatoms. The summed E-state index contributed by atoms with van der Waals surface area (Å²) >= 11 is 1.62. The molecule has 3 aromatic rings. The molecule has 0 N–H and O–H groups in total. The fourth-order valence-electron chi connectivity index (χ4n) is 3.59. The summed E-state index contributed by atoms with van der Waals surface area (Å²) in [6, 6.07) is 16.4. The molecule has 25 heavy (non-hydrogen) atoms. The molecule has 0 radical (unpaired) electrons. The van der Waals surface area contributed by atoms with Crippen LogP contribution in [0.25, 0.3) is 10.2 Å². The number of amides is 1. The number of hydrogen-bond acceptors (Lipinski definition) is 3. The van der Waals surface area contributed by atoms with Crippen molar-refractivity contribution in [3.8, 4) is 0 Å². The molecule has 2 aromatic carbocycles. The smallest absolute Gasteiger partial charge is 0.232 e. The second-order valence-electron chi connectivity index (χ2n) is 6.81. The largest absolute Gasteiger partial charge is 0.283 e. The van der Waals surface area contributed by atoms with Crippen molar-refractivity contribution in [2.24, 2.45) is 5.92 Å². The number of hydrogen-bond donors (Lipinski definition) is 0. The van der Waals surface area contributed by atoms with E-state index in [4.69, 9.17) is 4.98 Å². The van der Waals surface area contributed by atoms with Gasteiger partial charge in [-0.15, -0.1) is 0 Å². The van der Waals surface area contributed by atoms with Crippen molar-refractivity contribution >= 4 is 32.6 Å². The Morgan fingerprint density at radius 1 is 1.12 bits per heavy atom. The first-order valence-corrected chi connectivity index (χ1v) is 9.75. The Bertz CT molecular complexity index is 881. The van der Waals surface area contributed by atoms with E-state index in [1.165, 1.54) is 0 Å². The van der Waals surface area contributed by atoms with Crippen LogP contribution in [-0.4, -0.2) is 10.9 Å². The summed E-state index contributed by atoms with van der Waals surface area (Å²) in [4.78, 5) is 19.9. The van der Waals surface area contributed by atoms with E-state index in [2.05, 4.69) is 37.3 Å². The van der Waals surface area contributed by atoms with Gasteiger partial charge in [-0.1, -0.05) is 66.6 Å². The zero-order valence-electron chi connectivity index (χ0n) is 14.4. The minimum Gasteiger partial charge on any atom is -0.283 e. The van der Waals surface area contributed by atoms with Gasteiger partial charge in [-0.2, -0.15) is 0 Å². The maximum atomic E-state index is 13.2. The van der Waals surface area contributed by atoms with Gasteiger partial charge < -0.3 is 0 Å². The van der Waals surface area contributed by atoms with Gasteiger partial charge in [0, 0.05) is 5.92 Å². The number of nitrogens with zero attached hydrogens (tertiary/aromatic N) is 2. The number of rotatable bonds is 4. The van der Waals surface area contributed by atoms with Gasteiger partial charge >= 0.3 is 0 Å². The molecule has 1 amide bonds. The van der Waals surface area contributed by atoms with Crippen LogP contribution in [0.3, 0.4) is 0 Å². The molecular weight excluding hydrogens is 328 g/mol. The van der Waals surface area contributed by atoms with E-state index in [1.54, 1.807) is 11.3 Å². The molecule has 1 aromatic heterocycles. The van der Waals surface area contributed by atoms with Crippen molar-refractivity contribution in [1.29, 1.82) is 0 Å². The molecule has 0 unspecified atom stereocenters.